The molecule has 0 aliphatic carbocycles. The molecule has 0 aromatic carbocycles. The van der Waals surface area contributed by atoms with Crippen LogP contribution in [0.5, 0.6) is 0 Å². The number of hydrogen-bond donors (Lipinski definition) is 3. The van der Waals surface area contributed by atoms with Crippen LogP contribution in [0, 0.1) is 0 Å². The van der Waals surface area contributed by atoms with Gasteiger partial charge in [0.2, 0.25) is 5.91 Å². The van der Waals surface area contributed by atoms with Crippen molar-refractivity contribution in [2.45, 2.75) is 238 Å². The van der Waals surface area contributed by atoms with Gasteiger partial charge < -0.3 is 20.3 Å². The van der Waals surface area contributed by atoms with Gasteiger partial charge in [-0.05, 0) is 76.7 Å². The summed E-state index contributed by atoms with van der Waals surface area (Å²) in [6, 6.07) is -0.744. The summed E-state index contributed by atoms with van der Waals surface area (Å²) in [5, 5.41) is 23.5. The second-order valence-corrected chi connectivity index (χ2v) is 16.1. The van der Waals surface area contributed by atoms with Crippen LogP contribution in [0.3, 0.4) is 0 Å². The van der Waals surface area contributed by atoms with Crippen LogP contribution < -0.4 is 5.32 Å². The minimum atomic E-state index is -0.820. The van der Waals surface area contributed by atoms with Gasteiger partial charge in [0.15, 0.2) is 0 Å². The third kappa shape index (κ3) is 40.1. The van der Waals surface area contributed by atoms with Crippen molar-refractivity contribution in [3.05, 3.63) is 72.9 Å². The lowest BCUT2D eigenvalue weighted by atomic mass is 10.0. The normalized spacial score (nSPS) is 13.9. The second kappa shape index (κ2) is 45.4. The predicted molar refractivity (Wildman–Crippen MR) is 250 cm³/mol. The lowest BCUT2D eigenvalue weighted by Crippen LogP contribution is -2.46. The molecule has 6 nitrogen and oxygen atoms in total. The van der Waals surface area contributed by atoms with Gasteiger partial charge in [0.05, 0.1) is 25.2 Å². The lowest BCUT2D eigenvalue weighted by molar-refractivity contribution is -0.148. The van der Waals surface area contributed by atoms with Crippen molar-refractivity contribution >= 4 is 11.9 Å². The minimum Gasteiger partial charge on any atom is -0.458 e. The summed E-state index contributed by atoms with van der Waals surface area (Å²) in [4.78, 5) is 26.0. The number of unbranched alkanes of at least 4 members (excludes halogenated alkanes) is 20. The number of amides is 1. The number of aliphatic hydroxyl groups is 2. The largest absolute Gasteiger partial charge is 0.458 e. The molecule has 0 aromatic rings. The molecule has 3 N–H and O–H groups in total. The van der Waals surface area contributed by atoms with E-state index < -0.39 is 18.2 Å². The Hall–Kier alpha value is -2.70. The SMILES string of the molecule is CC/C=C/C/C=C/C/C=C/C/C=C/C/C=C/C(CC(=O)NC(CO)C(O)CCCCCCCCCCC)OC(=O)CCCCCCC/C=C/CCCCCCCCC. The first-order valence-corrected chi connectivity index (χ1v) is 24.2. The van der Waals surface area contributed by atoms with Crippen LogP contribution in [-0.2, 0) is 14.3 Å². The van der Waals surface area contributed by atoms with Crippen LogP contribution in [-0.4, -0.2) is 46.9 Å². The number of carbonyl (C=O) groups is 2. The van der Waals surface area contributed by atoms with Gasteiger partial charge in [0, 0.05) is 6.42 Å². The molecule has 0 aliphatic heterocycles. The molecule has 3 unspecified atom stereocenters. The van der Waals surface area contributed by atoms with E-state index in [4.69, 9.17) is 4.74 Å². The van der Waals surface area contributed by atoms with E-state index in [0.29, 0.717) is 19.3 Å². The highest BCUT2D eigenvalue weighted by molar-refractivity contribution is 5.78. The van der Waals surface area contributed by atoms with Gasteiger partial charge in [-0.15, -0.1) is 0 Å². The molecule has 58 heavy (non-hydrogen) atoms. The van der Waals surface area contributed by atoms with Crippen molar-refractivity contribution in [3.8, 4) is 0 Å². The Labute approximate surface area is 358 Å². The van der Waals surface area contributed by atoms with Gasteiger partial charge in [-0.2, -0.15) is 0 Å². The third-order valence-corrected chi connectivity index (χ3v) is 10.5. The number of ether oxygens (including phenoxy) is 1. The zero-order chi connectivity index (χ0) is 42.4. The third-order valence-electron chi connectivity index (χ3n) is 10.5. The molecule has 334 valence electrons. The van der Waals surface area contributed by atoms with Crippen LogP contribution in [0.15, 0.2) is 72.9 Å². The van der Waals surface area contributed by atoms with E-state index in [9.17, 15) is 19.8 Å². The van der Waals surface area contributed by atoms with Crippen molar-refractivity contribution in [3.63, 3.8) is 0 Å². The maximum Gasteiger partial charge on any atom is 0.306 e. The Morgan fingerprint density at radius 1 is 0.534 bits per heavy atom. The summed E-state index contributed by atoms with van der Waals surface area (Å²) in [5.74, 6) is -0.642. The van der Waals surface area contributed by atoms with Crippen LogP contribution in [0.25, 0.3) is 0 Å². The van der Waals surface area contributed by atoms with Crippen molar-refractivity contribution < 1.29 is 24.5 Å². The Balaban J connectivity index is 4.75. The first-order chi connectivity index (χ1) is 28.5. The standard InChI is InChI=1S/C52H91NO5/c1-4-7-10-13-16-19-21-23-25-26-28-30-33-36-39-42-45-52(57)58-48(43-40-37-34-32-29-27-24-22-20-17-14-11-8-5-2)46-51(56)53-49(47-54)50(55)44-41-38-35-31-18-15-12-9-6-3/h8,11,17,20,24-27,32,34,40,43,48-50,54-55H,4-7,9-10,12-16,18-19,21-23,28-31,33,35-39,41-42,44-47H2,1-3H3,(H,53,56)/b11-8+,20-17+,26-25+,27-24+,34-32+,43-40+. The minimum absolute atomic E-state index is 0.0514. The molecule has 3 atom stereocenters. The lowest BCUT2D eigenvalue weighted by Gasteiger charge is -2.23. The van der Waals surface area contributed by atoms with Crippen LogP contribution in [0.4, 0.5) is 0 Å². The molecule has 0 rings (SSSR count). The first-order valence-electron chi connectivity index (χ1n) is 24.2. The van der Waals surface area contributed by atoms with E-state index >= 15 is 0 Å². The number of allylic oxidation sites excluding steroid dienone is 11. The molecule has 0 heterocycles. The Morgan fingerprint density at radius 2 is 0.966 bits per heavy atom. The molecule has 0 aliphatic rings. The predicted octanol–water partition coefficient (Wildman–Crippen LogP) is 14.2. The van der Waals surface area contributed by atoms with E-state index in [1.165, 1.54) is 96.3 Å². The molecule has 1 amide bonds. The van der Waals surface area contributed by atoms with E-state index in [0.717, 1.165) is 77.0 Å². The number of carbonyl (C=O) groups excluding carboxylic acids is 2. The second-order valence-electron chi connectivity index (χ2n) is 16.1. The van der Waals surface area contributed by atoms with Crippen molar-refractivity contribution in [2.24, 2.45) is 0 Å². The van der Waals surface area contributed by atoms with E-state index in [1.807, 2.05) is 6.08 Å². The Morgan fingerprint density at radius 3 is 1.45 bits per heavy atom. The molecule has 0 bridgehead atoms. The highest BCUT2D eigenvalue weighted by Crippen LogP contribution is 2.15. The van der Waals surface area contributed by atoms with Gasteiger partial charge in [0.25, 0.3) is 0 Å². The monoisotopic (exact) mass is 810 g/mol. The fourth-order valence-corrected chi connectivity index (χ4v) is 6.86. The molecule has 0 radical (unpaired) electrons. The summed E-state index contributed by atoms with van der Waals surface area (Å²) in [7, 11) is 0. The Bertz CT molecular complexity index is 1090. The number of nitrogens with one attached hydrogen (secondary N) is 1. The fourth-order valence-electron chi connectivity index (χ4n) is 6.86. The highest BCUT2D eigenvalue weighted by Gasteiger charge is 2.23. The van der Waals surface area contributed by atoms with Crippen molar-refractivity contribution in [2.75, 3.05) is 6.61 Å². The zero-order valence-corrected chi connectivity index (χ0v) is 37.9. The molecule has 0 aromatic heterocycles. The molecule has 0 saturated carbocycles. The molecule has 0 spiro atoms. The summed E-state index contributed by atoms with van der Waals surface area (Å²) in [6.07, 6.45) is 57.1. The molecular weight excluding hydrogens is 719 g/mol. The van der Waals surface area contributed by atoms with Crippen molar-refractivity contribution in [1.82, 2.24) is 5.32 Å². The topological polar surface area (TPSA) is 95.9 Å². The summed E-state index contributed by atoms with van der Waals surface area (Å²) < 4.78 is 5.80. The number of esters is 1. The van der Waals surface area contributed by atoms with Gasteiger partial charge in [0.1, 0.15) is 6.10 Å². The van der Waals surface area contributed by atoms with Crippen molar-refractivity contribution in [1.29, 1.82) is 0 Å². The number of rotatable bonds is 42. The molecule has 0 saturated heterocycles. The molecule has 6 heteroatoms. The maximum atomic E-state index is 13.1. The van der Waals surface area contributed by atoms with E-state index in [2.05, 4.69) is 86.8 Å². The van der Waals surface area contributed by atoms with Gasteiger partial charge in [-0.3, -0.25) is 9.59 Å². The summed E-state index contributed by atoms with van der Waals surface area (Å²) in [6.45, 7) is 6.29. The average Bonchev–Trinajstić information content (AvgIpc) is 3.22. The smallest absolute Gasteiger partial charge is 0.306 e. The Kier molecular flexibility index (Phi) is 43.3. The summed E-state index contributed by atoms with van der Waals surface area (Å²) in [5.41, 5.74) is 0. The van der Waals surface area contributed by atoms with Gasteiger partial charge in [-0.1, -0.05) is 203 Å². The van der Waals surface area contributed by atoms with Crippen LogP contribution >= 0.6 is 0 Å². The van der Waals surface area contributed by atoms with Crippen LogP contribution in [0.2, 0.25) is 0 Å². The molecular formula is C52H91NO5. The zero-order valence-electron chi connectivity index (χ0n) is 37.9. The average molecular weight is 810 g/mol. The first kappa shape index (κ1) is 55.3. The fraction of sp³-hybridized carbons (Fsp3) is 0.731. The summed E-state index contributed by atoms with van der Waals surface area (Å²) >= 11 is 0. The molecule has 0 fully saturated rings. The maximum absolute atomic E-state index is 13.1. The van der Waals surface area contributed by atoms with E-state index in [-0.39, 0.29) is 24.9 Å². The number of hydrogen-bond acceptors (Lipinski definition) is 5. The van der Waals surface area contributed by atoms with E-state index in [1.54, 1.807) is 6.08 Å². The van der Waals surface area contributed by atoms with Gasteiger partial charge in [-0.25, -0.2) is 0 Å². The highest BCUT2D eigenvalue weighted by atomic mass is 16.5. The quantitative estimate of drug-likeness (QED) is 0.0324. The van der Waals surface area contributed by atoms with Crippen LogP contribution in [0.1, 0.15) is 220 Å². The number of aliphatic hydroxyl groups excluding tert-OH is 2. The van der Waals surface area contributed by atoms with Gasteiger partial charge >= 0.3 is 5.97 Å².